The minimum Gasteiger partial charge on any atom is -0.323 e. The van der Waals surface area contributed by atoms with Gasteiger partial charge in [-0.2, -0.15) is 13.2 Å². The third-order valence-corrected chi connectivity index (χ3v) is 1.53. The first-order chi connectivity index (χ1) is 5.91. The number of nitrogens with two attached hydrogens (primary N) is 1. The quantitative estimate of drug-likeness (QED) is 0.736. The lowest BCUT2D eigenvalue weighted by Crippen LogP contribution is -2.13. The monoisotopic (exact) mass is 190 g/mol. The molecule has 0 unspecified atom stereocenters. The molecule has 0 spiro atoms. The molecule has 2 nitrogen and oxygen atoms in total. The summed E-state index contributed by atoms with van der Waals surface area (Å²) in [4.78, 5) is 3.39. The van der Waals surface area contributed by atoms with Crippen molar-refractivity contribution in [1.82, 2.24) is 4.98 Å². The first-order valence-corrected chi connectivity index (χ1v) is 3.71. The summed E-state index contributed by atoms with van der Waals surface area (Å²) in [6.45, 7) is 1.59. The van der Waals surface area contributed by atoms with Gasteiger partial charge in [0, 0.05) is 6.04 Å². The summed E-state index contributed by atoms with van der Waals surface area (Å²) in [7, 11) is 0. The van der Waals surface area contributed by atoms with E-state index >= 15 is 0 Å². The Morgan fingerprint density at radius 2 is 2.00 bits per heavy atom. The molecular weight excluding hydrogens is 181 g/mol. The van der Waals surface area contributed by atoms with E-state index in [2.05, 4.69) is 4.98 Å². The number of halogens is 3. The third-order valence-electron chi connectivity index (χ3n) is 1.53. The maximum absolute atomic E-state index is 12.1. The maximum Gasteiger partial charge on any atom is 0.433 e. The van der Waals surface area contributed by atoms with Crippen LogP contribution < -0.4 is 5.73 Å². The van der Waals surface area contributed by atoms with Crippen molar-refractivity contribution < 1.29 is 13.2 Å². The SMILES string of the molecule is C[C@H](N)c1cccc(C(F)(F)F)n1. The fourth-order valence-corrected chi connectivity index (χ4v) is 0.863. The number of pyridine rings is 1. The lowest BCUT2D eigenvalue weighted by Gasteiger charge is -2.09. The summed E-state index contributed by atoms with van der Waals surface area (Å²) in [6, 6.07) is 3.21. The Balaban J connectivity index is 3.06. The van der Waals surface area contributed by atoms with Crippen molar-refractivity contribution in [3.8, 4) is 0 Å². The summed E-state index contributed by atoms with van der Waals surface area (Å²) < 4.78 is 36.4. The van der Waals surface area contributed by atoms with Crippen LogP contribution in [0.2, 0.25) is 0 Å². The molecular formula is C8H9F3N2. The summed E-state index contributed by atoms with van der Waals surface area (Å²) in [5.74, 6) is 0. The second-order valence-electron chi connectivity index (χ2n) is 2.73. The molecule has 2 N–H and O–H groups in total. The van der Waals surface area contributed by atoms with Crippen molar-refractivity contribution in [2.45, 2.75) is 19.1 Å². The second-order valence-corrected chi connectivity index (χ2v) is 2.73. The van der Waals surface area contributed by atoms with E-state index < -0.39 is 17.9 Å². The van der Waals surface area contributed by atoms with Crippen LogP contribution in [0.3, 0.4) is 0 Å². The Kier molecular flexibility index (Phi) is 2.56. The number of hydrogen-bond acceptors (Lipinski definition) is 2. The number of aromatic nitrogens is 1. The first-order valence-electron chi connectivity index (χ1n) is 3.71. The number of hydrogen-bond donors (Lipinski definition) is 1. The van der Waals surface area contributed by atoms with Crippen molar-refractivity contribution in [3.63, 3.8) is 0 Å². The van der Waals surface area contributed by atoms with E-state index in [1.54, 1.807) is 6.92 Å². The van der Waals surface area contributed by atoms with Crippen LogP contribution in [0.25, 0.3) is 0 Å². The molecule has 0 radical (unpaired) electrons. The maximum atomic E-state index is 12.1. The summed E-state index contributed by atoms with van der Waals surface area (Å²) in [5, 5.41) is 0. The number of rotatable bonds is 1. The fourth-order valence-electron chi connectivity index (χ4n) is 0.863. The molecule has 0 saturated carbocycles. The van der Waals surface area contributed by atoms with E-state index in [9.17, 15) is 13.2 Å². The van der Waals surface area contributed by atoms with Crippen LogP contribution in [-0.4, -0.2) is 4.98 Å². The first kappa shape index (κ1) is 9.98. The molecule has 1 heterocycles. The molecule has 0 aromatic carbocycles. The van der Waals surface area contributed by atoms with E-state index in [-0.39, 0.29) is 5.69 Å². The lowest BCUT2D eigenvalue weighted by atomic mass is 10.2. The highest BCUT2D eigenvalue weighted by molar-refractivity contribution is 5.15. The summed E-state index contributed by atoms with van der Waals surface area (Å²) >= 11 is 0. The summed E-state index contributed by atoms with van der Waals surface area (Å²) in [6.07, 6.45) is -4.40. The highest BCUT2D eigenvalue weighted by Crippen LogP contribution is 2.27. The normalized spacial score (nSPS) is 14.2. The van der Waals surface area contributed by atoms with E-state index in [0.29, 0.717) is 0 Å². The molecule has 0 aliphatic rings. The Hall–Kier alpha value is -1.10. The van der Waals surface area contributed by atoms with Crippen LogP contribution >= 0.6 is 0 Å². The molecule has 1 rings (SSSR count). The molecule has 72 valence electrons. The average Bonchev–Trinajstić information content (AvgIpc) is 2.03. The van der Waals surface area contributed by atoms with Gasteiger partial charge in [0.25, 0.3) is 0 Å². The van der Waals surface area contributed by atoms with Crippen molar-refractivity contribution in [3.05, 3.63) is 29.6 Å². The largest absolute Gasteiger partial charge is 0.433 e. The molecule has 0 aliphatic carbocycles. The Labute approximate surface area is 73.6 Å². The van der Waals surface area contributed by atoms with Crippen LogP contribution in [0.5, 0.6) is 0 Å². The topological polar surface area (TPSA) is 38.9 Å². The van der Waals surface area contributed by atoms with Gasteiger partial charge in [-0.3, -0.25) is 0 Å². The van der Waals surface area contributed by atoms with Crippen molar-refractivity contribution in [1.29, 1.82) is 0 Å². The molecule has 5 heteroatoms. The van der Waals surface area contributed by atoms with Gasteiger partial charge in [0.15, 0.2) is 0 Å². The minimum absolute atomic E-state index is 0.245. The molecule has 0 amide bonds. The Morgan fingerprint density at radius 3 is 2.46 bits per heavy atom. The van der Waals surface area contributed by atoms with Crippen LogP contribution in [0.1, 0.15) is 24.4 Å². The second kappa shape index (κ2) is 3.33. The van der Waals surface area contributed by atoms with Gasteiger partial charge in [0.1, 0.15) is 5.69 Å². The van der Waals surface area contributed by atoms with E-state index in [0.717, 1.165) is 6.07 Å². The lowest BCUT2D eigenvalue weighted by molar-refractivity contribution is -0.141. The molecule has 0 bridgehead atoms. The zero-order valence-corrected chi connectivity index (χ0v) is 6.97. The van der Waals surface area contributed by atoms with Crippen LogP contribution in [0.4, 0.5) is 13.2 Å². The fraction of sp³-hybridized carbons (Fsp3) is 0.375. The molecule has 1 aromatic rings. The smallest absolute Gasteiger partial charge is 0.323 e. The molecule has 1 atom stereocenters. The van der Waals surface area contributed by atoms with Gasteiger partial charge >= 0.3 is 6.18 Å². The molecule has 0 aliphatic heterocycles. The zero-order valence-electron chi connectivity index (χ0n) is 6.97. The van der Waals surface area contributed by atoms with E-state index in [1.807, 2.05) is 0 Å². The highest BCUT2D eigenvalue weighted by Gasteiger charge is 2.32. The predicted octanol–water partition coefficient (Wildman–Crippen LogP) is 2.12. The van der Waals surface area contributed by atoms with Gasteiger partial charge in [-0.25, -0.2) is 4.98 Å². The van der Waals surface area contributed by atoms with Crippen LogP contribution in [0, 0.1) is 0 Å². The summed E-state index contributed by atoms with van der Waals surface area (Å²) in [5.41, 5.74) is 4.74. The van der Waals surface area contributed by atoms with Gasteiger partial charge in [-0.1, -0.05) is 6.07 Å². The molecule has 13 heavy (non-hydrogen) atoms. The van der Waals surface area contributed by atoms with Crippen molar-refractivity contribution in [2.24, 2.45) is 5.73 Å². The van der Waals surface area contributed by atoms with Crippen LogP contribution in [-0.2, 0) is 6.18 Å². The van der Waals surface area contributed by atoms with Crippen molar-refractivity contribution >= 4 is 0 Å². The number of alkyl halides is 3. The Bertz CT molecular complexity index is 294. The molecule has 0 fully saturated rings. The zero-order chi connectivity index (χ0) is 10.1. The Morgan fingerprint density at radius 1 is 1.38 bits per heavy atom. The van der Waals surface area contributed by atoms with Gasteiger partial charge in [-0.15, -0.1) is 0 Å². The van der Waals surface area contributed by atoms with E-state index in [1.165, 1.54) is 12.1 Å². The number of nitrogens with zero attached hydrogens (tertiary/aromatic N) is 1. The predicted molar refractivity (Wildman–Crippen MR) is 41.8 cm³/mol. The highest BCUT2D eigenvalue weighted by atomic mass is 19.4. The molecule has 1 aromatic heterocycles. The third kappa shape index (κ3) is 2.42. The molecule has 0 saturated heterocycles. The van der Waals surface area contributed by atoms with Gasteiger partial charge < -0.3 is 5.73 Å². The standard InChI is InChI=1S/C8H9F3N2/c1-5(12)6-3-2-4-7(13-6)8(9,10)11/h2-5H,12H2,1H3/t5-/m0/s1. The van der Waals surface area contributed by atoms with Gasteiger partial charge in [0.05, 0.1) is 5.69 Å². The van der Waals surface area contributed by atoms with Gasteiger partial charge in [-0.05, 0) is 19.1 Å². The average molecular weight is 190 g/mol. The van der Waals surface area contributed by atoms with Crippen LogP contribution in [0.15, 0.2) is 18.2 Å². The van der Waals surface area contributed by atoms with E-state index in [4.69, 9.17) is 5.73 Å². The van der Waals surface area contributed by atoms with Gasteiger partial charge in [0.2, 0.25) is 0 Å². The van der Waals surface area contributed by atoms with Crippen molar-refractivity contribution in [2.75, 3.05) is 0 Å². The minimum atomic E-state index is -4.40.